The van der Waals surface area contributed by atoms with Crippen molar-refractivity contribution in [1.82, 2.24) is 14.9 Å². The molecule has 4 rings (SSSR count). The Labute approximate surface area is 159 Å². The van der Waals surface area contributed by atoms with Gasteiger partial charge in [0.1, 0.15) is 5.82 Å². The summed E-state index contributed by atoms with van der Waals surface area (Å²) >= 11 is 9.64. The van der Waals surface area contributed by atoms with Gasteiger partial charge in [0.15, 0.2) is 0 Å². The van der Waals surface area contributed by atoms with Crippen LogP contribution in [0.2, 0.25) is 5.02 Å². The number of aromatic nitrogens is 2. The molecule has 4 nitrogen and oxygen atoms in total. The van der Waals surface area contributed by atoms with Crippen molar-refractivity contribution in [3.8, 4) is 0 Å². The van der Waals surface area contributed by atoms with Gasteiger partial charge in [0.25, 0.3) is 5.91 Å². The van der Waals surface area contributed by atoms with Crippen molar-refractivity contribution in [2.24, 2.45) is 0 Å². The van der Waals surface area contributed by atoms with E-state index in [-0.39, 0.29) is 11.8 Å². The number of fused-ring (bicyclic) bond motifs is 1. The van der Waals surface area contributed by atoms with Crippen molar-refractivity contribution in [2.45, 2.75) is 18.8 Å². The first-order valence-corrected chi connectivity index (χ1v) is 9.48. The highest BCUT2D eigenvalue weighted by Crippen LogP contribution is 2.29. The Morgan fingerprint density at radius 3 is 2.96 bits per heavy atom. The fraction of sp³-hybridized carbons (Fsp3) is 0.263. The largest absolute Gasteiger partial charge is 0.342 e. The number of H-pyrrole nitrogens is 1. The third kappa shape index (κ3) is 3.31. The molecule has 1 fully saturated rings. The van der Waals surface area contributed by atoms with Gasteiger partial charge in [-0.3, -0.25) is 4.79 Å². The number of carbonyl (C=O) groups is 1. The van der Waals surface area contributed by atoms with Crippen LogP contribution in [0.25, 0.3) is 11.0 Å². The molecule has 1 aliphatic heterocycles. The second-order valence-corrected chi connectivity index (χ2v) is 7.68. The van der Waals surface area contributed by atoms with Crippen LogP contribution in [-0.2, 0) is 0 Å². The summed E-state index contributed by atoms with van der Waals surface area (Å²) in [5, 5.41) is 0.485. The lowest BCUT2D eigenvalue weighted by Gasteiger charge is -2.32. The number of piperidine rings is 1. The van der Waals surface area contributed by atoms with E-state index in [2.05, 4.69) is 20.9 Å². The highest BCUT2D eigenvalue weighted by Gasteiger charge is 2.28. The number of rotatable bonds is 2. The average Bonchev–Trinajstić information content (AvgIpc) is 3.07. The highest BCUT2D eigenvalue weighted by molar-refractivity contribution is 9.10. The molecule has 1 saturated heterocycles. The number of imidazole rings is 1. The van der Waals surface area contributed by atoms with Gasteiger partial charge in [0, 0.05) is 23.5 Å². The molecule has 1 amide bonds. The van der Waals surface area contributed by atoms with Crippen LogP contribution < -0.4 is 0 Å². The molecule has 3 aromatic rings. The van der Waals surface area contributed by atoms with Crippen molar-refractivity contribution >= 4 is 44.5 Å². The molecule has 2 aromatic carbocycles. The maximum Gasteiger partial charge on any atom is 0.255 e. The number of para-hydroxylation sites is 2. The number of benzene rings is 2. The quantitative estimate of drug-likeness (QED) is 0.637. The number of aromatic amines is 1. The molecule has 0 aliphatic carbocycles. The molecule has 0 radical (unpaired) electrons. The Kier molecular flexibility index (Phi) is 4.52. The van der Waals surface area contributed by atoms with E-state index in [9.17, 15) is 4.79 Å². The first-order valence-electron chi connectivity index (χ1n) is 8.31. The Morgan fingerprint density at radius 2 is 2.12 bits per heavy atom. The number of amides is 1. The number of carbonyl (C=O) groups excluding carboxylic acids is 1. The molecular weight excluding hydrogens is 402 g/mol. The topological polar surface area (TPSA) is 49.0 Å². The minimum atomic E-state index is -0.0212. The van der Waals surface area contributed by atoms with E-state index in [1.807, 2.05) is 35.2 Å². The molecule has 0 bridgehead atoms. The maximum absolute atomic E-state index is 12.9. The van der Waals surface area contributed by atoms with Crippen LogP contribution in [0.1, 0.15) is 34.9 Å². The van der Waals surface area contributed by atoms with Gasteiger partial charge in [0.2, 0.25) is 0 Å². The van der Waals surface area contributed by atoms with Gasteiger partial charge >= 0.3 is 0 Å². The summed E-state index contributed by atoms with van der Waals surface area (Å²) in [5.74, 6) is 1.15. The number of hydrogen-bond acceptors (Lipinski definition) is 2. The molecule has 0 spiro atoms. The van der Waals surface area contributed by atoms with Crippen LogP contribution in [0, 0.1) is 0 Å². The minimum Gasteiger partial charge on any atom is -0.342 e. The molecule has 0 unspecified atom stereocenters. The third-order valence-electron chi connectivity index (χ3n) is 4.66. The van der Waals surface area contributed by atoms with Crippen molar-refractivity contribution in [3.05, 3.63) is 63.3 Å². The van der Waals surface area contributed by atoms with E-state index in [0.29, 0.717) is 17.1 Å². The predicted molar refractivity (Wildman–Crippen MR) is 103 cm³/mol. The standard InChI is InChI=1S/C19H17BrClN3O/c20-13-7-8-15(21)14(10-13)19(25)24-9-3-4-12(11-24)18-22-16-5-1-2-6-17(16)23-18/h1-2,5-8,10,12H,3-4,9,11H2,(H,22,23)/t12-/m1/s1. The second kappa shape index (κ2) is 6.81. The first kappa shape index (κ1) is 16.6. The van der Waals surface area contributed by atoms with Crippen LogP contribution in [0.15, 0.2) is 46.9 Å². The van der Waals surface area contributed by atoms with Crippen LogP contribution >= 0.6 is 27.5 Å². The van der Waals surface area contributed by atoms with Crippen LogP contribution in [0.5, 0.6) is 0 Å². The zero-order chi connectivity index (χ0) is 17.4. The Balaban J connectivity index is 1.58. The number of nitrogens with zero attached hydrogens (tertiary/aromatic N) is 2. The van der Waals surface area contributed by atoms with Crippen LogP contribution in [0.3, 0.4) is 0 Å². The van der Waals surface area contributed by atoms with Crippen molar-refractivity contribution in [3.63, 3.8) is 0 Å². The molecule has 25 heavy (non-hydrogen) atoms. The lowest BCUT2D eigenvalue weighted by molar-refractivity contribution is 0.0705. The van der Waals surface area contributed by atoms with E-state index in [0.717, 1.165) is 40.7 Å². The fourth-order valence-corrected chi connectivity index (χ4v) is 3.94. The lowest BCUT2D eigenvalue weighted by atomic mass is 9.96. The van der Waals surface area contributed by atoms with Crippen LogP contribution in [-0.4, -0.2) is 33.9 Å². The monoisotopic (exact) mass is 417 g/mol. The summed E-state index contributed by atoms with van der Waals surface area (Å²) in [5.41, 5.74) is 2.55. The molecule has 1 aromatic heterocycles. The molecule has 0 saturated carbocycles. The van der Waals surface area contributed by atoms with E-state index in [1.54, 1.807) is 12.1 Å². The van der Waals surface area contributed by atoms with E-state index < -0.39 is 0 Å². The molecule has 128 valence electrons. The van der Waals surface area contributed by atoms with E-state index in [4.69, 9.17) is 16.6 Å². The summed E-state index contributed by atoms with van der Waals surface area (Å²) in [7, 11) is 0. The van der Waals surface area contributed by atoms with Crippen molar-refractivity contribution < 1.29 is 4.79 Å². The first-order chi connectivity index (χ1) is 12.1. The number of likely N-dealkylation sites (tertiary alicyclic amines) is 1. The van der Waals surface area contributed by atoms with Gasteiger partial charge in [-0.05, 0) is 43.2 Å². The summed E-state index contributed by atoms with van der Waals surface area (Å²) in [6, 6.07) is 13.4. The van der Waals surface area contributed by atoms with Crippen molar-refractivity contribution in [1.29, 1.82) is 0 Å². The number of halogens is 2. The molecule has 6 heteroatoms. The number of nitrogens with one attached hydrogen (secondary N) is 1. The Bertz CT molecular complexity index is 906. The fourth-order valence-electron chi connectivity index (χ4n) is 3.38. The summed E-state index contributed by atoms with van der Waals surface area (Å²) < 4.78 is 0.853. The summed E-state index contributed by atoms with van der Waals surface area (Å²) in [4.78, 5) is 22.9. The van der Waals surface area contributed by atoms with E-state index >= 15 is 0 Å². The van der Waals surface area contributed by atoms with E-state index in [1.165, 1.54) is 0 Å². The smallest absolute Gasteiger partial charge is 0.255 e. The zero-order valence-corrected chi connectivity index (χ0v) is 15.8. The second-order valence-electron chi connectivity index (χ2n) is 6.35. The van der Waals surface area contributed by atoms with Crippen molar-refractivity contribution in [2.75, 3.05) is 13.1 Å². The van der Waals surface area contributed by atoms with Crippen LogP contribution in [0.4, 0.5) is 0 Å². The average molecular weight is 419 g/mol. The predicted octanol–water partition coefficient (Wildman–Crippen LogP) is 5.00. The van der Waals surface area contributed by atoms with Gasteiger partial charge in [-0.25, -0.2) is 4.98 Å². The van der Waals surface area contributed by atoms with Gasteiger partial charge in [-0.1, -0.05) is 39.7 Å². The van der Waals surface area contributed by atoms with Gasteiger partial charge < -0.3 is 9.88 Å². The maximum atomic E-state index is 12.9. The molecule has 2 heterocycles. The Morgan fingerprint density at radius 1 is 1.28 bits per heavy atom. The normalized spacial score (nSPS) is 17.8. The molecule has 1 N–H and O–H groups in total. The molecule has 1 aliphatic rings. The number of hydrogen-bond donors (Lipinski definition) is 1. The minimum absolute atomic E-state index is 0.0212. The lowest BCUT2D eigenvalue weighted by Crippen LogP contribution is -2.39. The van der Waals surface area contributed by atoms with Gasteiger partial charge in [0.05, 0.1) is 21.6 Å². The highest BCUT2D eigenvalue weighted by atomic mass is 79.9. The Hall–Kier alpha value is -1.85. The summed E-state index contributed by atoms with van der Waals surface area (Å²) in [6.45, 7) is 1.40. The third-order valence-corrected chi connectivity index (χ3v) is 5.48. The SMILES string of the molecule is O=C(c1cc(Br)ccc1Cl)N1CCC[C@@H](c2nc3ccccc3[nH]2)C1. The molecular formula is C19H17BrClN3O. The van der Waals surface area contributed by atoms with Gasteiger partial charge in [-0.15, -0.1) is 0 Å². The zero-order valence-electron chi connectivity index (χ0n) is 13.5. The molecule has 1 atom stereocenters. The summed E-state index contributed by atoms with van der Waals surface area (Å²) in [6.07, 6.45) is 1.98. The van der Waals surface area contributed by atoms with Gasteiger partial charge in [-0.2, -0.15) is 0 Å².